The standard InChI is InChI=1S/C18H22ClNO/c1-3-21-18-11-7-5-9-16(18)13-20-14(2)12-15-8-4-6-10-17(15)19/h4-11,14,20H,3,12-13H2,1-2H3. The molecule has 2 nitrogen and oxygen atoms in total. The quantitative estimate of drug-likeness (QED) is 0.815. The van der Waals surface area contributed by atoms with E-state index < -0.39 is 0 Å². The Morgan fingerprint density at radius 1 is 1.05 bits per heavy atom. The Morgan fingerprint density at radius 2 is 1.71 bits per heavy atom. The molecule has 21 heavy (non-hydrogen) atoms. The average Bonchev–Trinajstić information content (AvgIpc) is 2.49. The second-order valence-corrected chi connectivity index (χ2v) is 5.53. The first kappa shape index (κ1) is 15.9. The highest BCUT2D eigenvalue weighted by Gasteiger charge is 2.08. The lowest BCUT2D eigenvalue weighted by atomic mass is 10.1. The Balaban J connectivity index is 1.92. The van der Waals surface area contributed by atoms with Crippen LogP contribution in [-0.4, -0.2) is 12.6 Å². The van der Waals surface area contributed by atoms with E-state index in [-0.39, 0.29) is 0 Å². The highest BCUT2D eigenvalue weighted by Crippen LogP contribution is 2.19. The van der Waals surface area contributed by atoms with Crippen molar-refractivity contribution in [2.75, 3.05) is 6.61 Å². The molecule has 2 aromatic rings. The van der Waals surface area contributed by atoms with E-state index in [0.717, 1.165) is 23.7 Å². The molecule has 2 aromatic carbocycles. The Bertz CT molecular complexity index is 571. The lowest BCUT2D eigenvalue weighted by Gasteiger charge is -2.16. The van der Waals surface area contributed by atoms with Crippen LogP contribution < -0.4 is 10.1 Å². The van der Waals surface area contributed by atoms with Crippen LogP contribution in [0.1, 0.15) is 25.0 Å². The summed E-state index contributed by atoms with van der Waals surface area (Å²) in [7, 11) is 0. The van der Waals surface area contributed by atoms with Crippen molar-refractivity contribution in [3.63, 3.8) is 0 Å². The second kappa shape index (κ2) is 8.06. The number of halogens is 1. The van der Waals surface area contributed by atoms with Crippen LogP contribution in [0.15, 0.2) is 48.5 Å². The predicted molar refractivity (Wildman–Crippen MR) is 89.1 cm³/mol. The number of rotatable bonds is 7. The van der Waals surface area contributed by atoms with Crippen molar-refractivity contribution >= 4 is 11.6 Å². The van der Waals surface area contributed by atoms with Gasteiger partial charge in [-0.1, -0.05) is 48.0 Å². The minimum absolute atomic E-state index is 0.347. The highest BCUT2D eigenvalue weighted by atomic mass is 35.5. The van der Waals surface area contributed by atoms with Crippen molar-refractivity contribution < 1.29 is 4.74 Å². The number of para-hydroxylation sites is 1. The fourth-order valence-corrected chi connectivity index (χ4v) is 2.51. The van der Waals surface area contributed by atoms with Crippen LogP contribution in [-0.2, 0) is 13.0 Å². The molecule has 112 valence electrons. The Kier molecular flexibility index (Phi) is 6.09. The molecular formula is C18H22ClNO. The van der Waals surface area contributed by atoms with Crippen LogP contribution in [0.4, 0.5) is 0 Å². The third-order valence-corrected chi connectivity index (χ3v) is 3.77. The van der Waals surface area contributed by atoms with Gasteiger partial charge in [-0.05, 0) is 38.0 Å². The minimum atomic E-state index is 0.347. The van der Waals surface area contributed by atoms with Crippen molar-refractivity contribution in [1.29, 1.82) is 0 Å². The molecule has 0 aliphatic carbocycles. The first-order valence-corrected chi connectivity index (χ1v) is 7.76. The fraction of sp³-hybridized carbons (Fsp3) is 0.333. The maximum absolute atomic E-state index is 6.20. The van der Waals surface area contributed by atoms with Gasteiger partial charge in [0.15, 0.2) is 0 Å². The maximum Gasteiger partial charge on any atom is 0.123 e. The predicted octanol–water partition coefficient (Wildman–Crippen LogP) is 4.46. The van der Waals surface area contributed by atoms with E-state index in [0.29, 0.717) is 12.6 Å². The van der Waals surface area contributed by atoms with Gasteiger partial charge in [-0.3, -0.25) is 0 Å². The lowest BCUT2D eigenvalue weighted by molar-refractivity contribution is 0.334. The molecule has 0 fully saturated rings. The molecule has 0 radical (unpaired) electrons. The van der Waals surface area contributed by atoms with Gasteiger partial charge < -0.3 is 10.1 Å². The molecule has 0 heterocycles. The van der Waals surface area contributed by atoms with E-state index in [9.17, 15) is 0 Å². The lowest BCUT2D eigenvalue weighted by Crippen LogP contribution is -2.27. The molecule has 0 aliphatic heterocycles. The van der Waals surface area contributed by atoms with E-state index in [1.807, 2.05) is 43.3 Å². The summed E-state index contributed by atoms with van der Waals surface area (Å²) < 4.78 is 5.65. The summed E-state index contributed by atoms with van der Waals surface area (Å²) in [6.45, 7) is 5.66. The zero-order valence-electron chi connectivity index (χ0n) is 12.6. The van der Waals surface area contributed by atoms with Crippen LogP contribution in [0.5, 0.6) is 5.75 Å². The Labute approximate surface area is 132 Å². The Hall–Kier alpha value is -1.51. The van der Waals surface area contributed by atoms with Gasteiger partial charge in [0.2, 0.25) is 0 Å². The molecule has 0 bridgehead atoms. The third-order valence-electron chi connectivity index (χ3n) is 3.40. The number of nitrogens with one attached hydrogen (secondary N) is 1. The molecule has 3 heteroatoms. The molecule has 0 aliphatic rings. The van der Waals surface area contributed by atoms with Crippen molar-refractivity contribution in [1.82, 2.24) is 5.32 Å². The van der Waals surface area contributed by atoms with Gasteiger partial charge in [-0.15, -0.1) is 0 Å². The number of hydrogen-bond acceptors (Lipinski definition) is 2. The van der Waals surface area contributed by atoms with Crippen molar-refractivity contribution in [3.8, 4) is 5.75 Å². The zero-order chi connectivity index (χ0) is 15.1. The first-order chi connectivity index (χ1) is 10.2. The third kappa shape index (κ3) is 4.76. The molecule has 1 atom stereocenters. The van der Waals surface area contributed by atoms with Crippen LogP contribution in [0.25, 0.3) is 0 Å². The molecule has 0 saturated heterocycles. The first-order valence-electron chi connectivity index (χ1n) is 7.38. The summed E-state index contributed by atoms with van der Waals surface area (Å²) in [5.41, 5.74) is 2.36. The molecule has 2 rings (SSSR count). The molecule has 0 amide bonds. The van der Waals surface area contributed by atoms with E-state index in [1.54, 1.807) is 0 Å². The summed E-state index contributed by atoms with van der Waals surface area (Å²) >= 11 is 6.20. The number of hydrogen-bond donors (Lipinski definition) is 1. The van der Waals surface area contributed by atoms with Gasteiger partial charge in [0, 0.05) is 23.2 Å². The summed E-state index contributed by atoms with van der Waals surface area (Å²) in [4.78, 5) is 0. The molecule has 0 spiro atoms. The highest BCUT2D eigenvalue weighted by molar-refractivity contribution is 6.31. The van der Waals surface area contributed by atoms with Crippen LogP contribution in [0, 0.1) is 0 Å². The smallest absolute Gasteiger partial charge is 0.123 e. The van der Waals surface area contributed by atoms with E-state index >= 15 is 0 Å². The van der Waals surface area contributed by atoms with Gasteiger partial charge in [0.25, 0.3) is 0 Å². The monoisotopic (exact) mass is 303 g/mol. The summed E-state index contributed by atoms with van der Waals surface area (Å²) in [5, 5.41) is 4.37. The van der Waals surface area contributed by atoms with E-state index in [1.165, 1.54) is 11.1 Å². The SMILES string of the molecule is CCOc1ccccc1CNC(C)Cc1ccccc1Cl. The van der Waals surface area contributed by atoms with Gasteiger partial charge in [0.05, 0.1) is 6.61 Å². The molecule has 0 aromatic heterocycles. The van der Waals surface area contributed by atoms with Gasteiger partial charge >= 0.3 is 0 Å². The summed E-state index contributed by atoms with van der Waals surface area (Å²) in [6.07, 6.45) is 0.913. The average molecular weight is 304 g/mol. The van der Waals surface area contributed by atoms with E-state index in [2.05, 4.69) is 24.4 Å². The molecule has 0 saturated carbocycles. The van der Waals surface area contributed by atoms with E-state index in [4.69, 9.17) is 16.3 Å². The van der Waals surface area contributed by atoms with Crippen LogP contribution in [0.3, 0.4) is 0 Å². The summed E-state index contributed by atoms with van der Waals surface area (Å²) in [5.74, 6) is 0.956. The van der Waals surface area contributed by atoms with Gasteiger partial charge in [0.1, 0.15) is 5.75 Å². The van der Waals surface area contributed by atoms with Crippen molar-refractivity contribution in [3.05, 3.63) is 64.7 Å². The van der Waals surface area contributed by atoms with Crippen molar-refractivity contribution in [2.24, 2.45) is 0 Å². The fourth-order valence-electron chi connectivity index (χ4n) is 2.30. The number of ether oxygens (including phenoxy) is 1. The molecule has 1 unspecified atom stereocenters. The normalized spacial score (nSPS) is 12.1. The molecule has 1 N–H and O–H groups in total. The topological polar surface area (TPSA) is 21.3 Å². The van der Waals surface area contributed by atoms with Crippen LogP contribution in [0.2, 0.25) is 5.02 Å². The summed E-state index contributed by atoms with van der Waals surface area (Å²) in [6, 6.07) is 16.5. The minimum Gasteiger partial charge on any atom is -0.494 e. The molecular weight excluding hydrogens is 282 g/mol. The van der Waals surface area contributed by atoms with Crippen molar-refractivity contribution in [2.45, 2.75) is 32.9 Å². The van der Waals surface area contributed by atoms with Gasteiger partial charge in [-0.25, -0.2) is 0 Å². The zero-order valence-corrected chi connectivity index (χ0v) is 13.4. The maximum atomic E-state index is 6.20. The second-order valence-electron chi connectivity index (χ2n) is 5.12. The van der Waals surface area contributed by atoms with Crippen LogP contribution >= 0.6 is 11.6 Å². The number of benzene rings is 2. The Morgan fingerprint density at radius 3 is 2.43 bits per heavy atom. The largest absolute Gasteiger partial charge is 0.494 e. The van der Waals surface area contributed by atoms with Gasteiger partial charge in [-0.2, -0.15) is 0 Å².